The van der Waals surface area contributed by atoms with E-state index in [9.17, 15) is 5.11 Å². The van der Waals surface area contributed by atoms with Gasteiger partial charge in [-0.1, -0.05) is 43.8 Å². The molecule has 4 aromatic carbocycles. The van der Waals surface area contributed by atoms with Crippen LogP contribution in [0.1, 0.15) is 41.4 Å². The van der Waals surface area contributed by atoms with Gasteiger partial charge in [0.1, 0.15) is 19.1 Å². The first-order valence-electron chi connectivity index (χ1n) is 13.5. The molecule has 7 rings (SSSR count). The summed E-state index contributed by atoms with van der Waals surface area (Å²) < 4.78 is 19.8. The summed E-state index contributed by atoms with van der Waals surface area (Å²) in [6, 6.07) is 25.6. The molecule has 40 heavy (non-hydrogen) atoms. The highest BCUT2D eigenvalue weighted by Crippen LogP contribution is 2.45. The second-order valence-electron chi connectivity index (χ2n) is 10.5. The Balaban J connectivity index is 0.00000289. The summed E-state index contributed by atoms with van der Waals surface area (Å²) in [5.41, 5.74) is 7.29. The molecule has 1 atom stereocenters. The Morgan fingerprint density at radius 2 is 1.75 bits per heavy atom. The lowest BCUT2D eigenvalue weighted by Crippen LogP contribution is -2.39. The van der Waals surface area contributed by atoms with Crippen LogP contribution in [0.2, 0.25) is 0 Å². The van der Waals surface area contributed by atoms with Crippen molar-refractivity contribution in [2.24, 2.45) is 0 Å². The molecule has 0 fully saturated rings. The third-order valence-electron chi connectivity index (χ3n) is 8.49. The molecule has 3 heterocycles. The monoisotopic (exact) mass is 536 g/mol. The fraction of sp³-hybridized carbons (Fsp3) is 0.294. The normalized spacial score (nSPS) is 16.1. The number of fused-ring (bicyclic) bond motifs is 7. The Morgan fingerprint density at radius 3 is 2.55 bits per heavy atom. The summed E-state index contributed by atoms with van der Waals surface area (Å²) in [5, 5.41) is 13.8. The number of methoxy groups -OCH3 is 2. The quantitative estimate of drug-likeness (QED) is 0.264. The summed E-state index contributed by atoms with van der Waals surface area (Å²) in [5.74, 6) is 2.39. The van der Waals surface area contributed by atoms with E-state index in [4.69, 9.17) is 14.2 Å². The standard InChI is InChI=1S/C33H32N2O4.CH4/c1-37-25-9-10-29-27(15-25)28-16-30-26-17-33(39-19-21-7-8-22-5-3-4-6-23(22)13-21)32(38-2)14-24(26)11-12-34(30)18-31(28)35(29)20-36;/h3-10,13-15,17,30,36H,11-12,16,18-20H2,1-2H3;1H4. The smallest absolute Gasteiger partial charge is 0.162 e. The van der Waals surface area contributed by atoms with E-state index >= 15 is 0 Å². The van der Waals surface area contributed by atoms with Crippen LogP contribution in [0.4, 0.5) is 0 Å². The van der Waals surface area contributed by atoms with Crippen molar-refractivity contribution in [3.05, 3.63) is 101 Å². The van der Waals surface area contributed by atoms with Crippen LogP contribution >= 0.6 is 0 Å². The average Bonchev–Trinajstić information content (AvgIpc) is 3.29. The number of rotatable bonds is 6. The van der Waals surface area contributed by atoms with Crippen molar-refractivity contribution in [1.29, 1.82) is 0 Å². The van der Waals surface area contributed by atoms with Gasteiger partial charge in [-0.25, -0.2) is 0 Å². The first-order valence-corrected chi connectivity index (χ1v) is 13.5. The predicted molar refractivity (Wildman–Crippen MR) is 159 cm³/mol. The Hall–Kier alpha value is -4.00. The number of hydrogen-bond acceptors (Lipinski definition) is 5. The van der Waals surface area contributed by atoms with Gasteiger partial charge < -0.3 is 23.9 Å². The molecule has 5 aromatic rings. The van der Waals surface area contributed by atoms with Crippen LogP contribution in [0, 0.1) is 0 Å². The van der Waals surface area contributed by atoms with Gasteiger partial charge in [-0.3, -0.25) is 4.90 Å². The minimum atomic E-state index is -0.0305. The number of ether oxygens (including phenoxy) is 3. The zero-order valence-corrected chi connectivity index (χ0v) is 22.3. The molecule has 0 radical (unpaired) electrons. The van der Waals surface area contributed by atoms with Crippen molar-refractivity contribution >= 4 is 21.7 Å². The lowest BCUT2D eigenvalue weighted by Gasteiger charge is -2.41. The van der Waals surface area contributed by atoms with Crippen molar-refractivity contribution in [3.63, 3.8) is 0 Å². The van der Waals surface area contributed by atoms with Crippen LogP contribution in [0.25, 0.3) is 21.7 Å². The maximum Gasteiger partial charge on any atom is 0.162 e. The fourth-order valence-corrected chi connectivity index (χ4v) is 6.49. The first kappa shape index (κ1) is 26.2. The third kappa shape index (κ3) is 4.28. The van der Waals surface area contributed by atoms with Gasteiger partial charge >= 0.3 is 0 Å². The molecule has 2 aliphatic rings. The van der Waals surface area contributed by atoms with Gasteiger partial charge in [-0.15, -0.1) is 0 Å². The summed E-state index contributed by atoms with van der Waals surface area (Å²) in [4.78, 5) is 2.53. The number of aliphatic hydroxyl groups is 1. The molecule has 0 amide bonds. The van der Waals surface area contributed by atoms with Crippen molar-refractivity contribution in [3.8, 4) is 17.2 Å². The number of aromatic nitrogens is 1. The van der Waals surface area contributed by atoms with Crippen LogP contribution < -0.4 is 14.2 Å². The van der Waals surface area contributed by atoms with Crippen molar-refractivity contribution in [1.82, 2.24) is 9.47 Å². The van der Waals surface area contributed by atoms with Gasteiger partial charge in [0.05, 0.1) is 19.7 Å². The topological polar surface area (TPSA) is 56.1 Å². The Bertz CT molecular complexity index is 1710. The van der Waals surface area contributed by atoms with E-state index in [-0.39, 0.29) is 20.2 Å². The minimum Gasteiger partial charge on any atom is -0.497 e. The van der Waals surface area contributed by atoms with E-state index in [0.29, 0.717) is 6.61 Å². The first-order chi connectivity index (χ1) is 19.2. The predicted octanol–water partition coefficient (Wildman–Crippen LogP) is 6.63. The van der Waals surface area contributed by atoms with E-state index in [0.717, 1.165) is 59.6 Å². The maximum absolute atomic E-state index is 10.2. The molecule has 1 N–H and O–H groups in total. The Labute approximate surface area is 235 Å². The molecule has 1 unspecified atom stereocenters. The summed E-state index contributed by atoms with van der Waals surface area (Å²) in [6.45, 7) is 2.21. The van der Waals surface area contributed by atoms with Crippen LogP contribution in [0.5, 0.6) is 17.2 Å². The number of benzene rings is 4. The van der Waals surface area contributed by atoms with E-state index in [2.05, 4.69) is 71.6 Å². The summed E-state index contributed by atoms with van der Waals surface area (Å²) >= 11 is 0. The largest absolute Gasteiger partial charge is 0.497 e. The van der Waals surface area contributed by atoms with E-state index in [1.807, 2.05) is 10.6 Å². The zero-order chi connectivity index (χ0) is 26.5. The molecule has 6 nitrogen and oxygen atoms in total. The summed E-state index contributed by atoms with van der Waals surface area (Å²) in [6.07, 6.45) is 1.82. The highest BCUT2D eigenvalue weighted by molar-refractivity contribution is 5.87. The van der Waals surface area contributed by atoms with Gasteiger partial charge in [0.2, 0.25) is 0 Å². The highest BCUT2D eigenvalue weighted by Gasteiger charge is 2.36. The number of hydrogen-bond donors (Lipinski definition) is 1. The molecule has 1 aromatic heterocycles. The average molecular weight is 537 g/mol. The van der Waals surface area contributed by atoms with Crippen molar-refractivity contribution < 1.29 is 19.3 Å². The molecule has 0 bridgehead atoms. The van der Waals surface area contributed by atoms with E-state index in [1.165, 1.54) is 33.2 Å². The molecule has 0 saturated carbocycles. The van der Waals surface area contributed by atoms with Crippen LogP contribution in [-0.4, -0.2) is 35.3 Å². The van der Waals surface area contributed by atoms with E-state index in [1.54, 1.807) is 14.2 Å². The van der Waals surface area contributed by atoms with Gasteiger partial charge in [0, 0.05) is 30.2 Å². The molecule has 2 aliphatic heterocycles. The second-order valence-corrected chi connectivity index (χ2v) is 10.5. The van der Waals surface area contributed by atoms with E-state index < -0.39 is 0 Å². The molecule has 0 spiro atoms. The molecular weight excluding hydrogens is 500 g/mol. The lowest BCUT2D eigenvalue weighted by molar-refractivity contribution is 0.145. The Morgan fingerprint density at radius 1 is 0.900 bits per heavy atom. The van der Waals surface area contributed by atoms with Gasteiger partial charge in [0.15, 0.2) is 11.5 Å². The third-order valence-corrected chi connectivity index (χ3v) is 8.49. The van der Waals surface area contributed by atoms with Crippen molar-refractivity contribution in [2.45, 2.75) is 46.2 Å². The molecule has 6 heteroatoms. The maximum atomic E-state index is 10.2. The van der Waals surface area contributed by atoms with Gasteiger partial charge in [0.25, 0.3) is 0 Å². The molecular formula is C34H36N2O4. The highest BCUT2D eigenvalue weighted by atomic mass is 16.5. The Kier molecular flexibility index (Phi) is 6.90. The SMILES string of the molecule is C.COc1ccc2c(c1)c1c(n2CO)CN2CCc3cc(OC)c(OCc4ccc5ccccc5c4)cc3C2C1. The second kappa shape index (κ2) is 10.5. The number of aliphatic hydroxyl groups excluding tert-OH is 1. The zero-order valence-electron chi connectivity index (χ0n) is 22.3. The van der Waals surface area contributed by atoms with Crippen molar-refractivity contribution in [2.75, 3.05) is 20.8 Å². The fourth-order valence-electron chi connectivity index (χ4n) is 6.49. The molecule has 0 aliphatic carbocycles. The van der Waals surface area contributed by atoms with Crippen LogP contribution in [0.15, 0.2) is 72.8 Å². The lowest BCUT2D eigenvalue weighted by atomic mass is 9.85. The molecule has 0 saturated heterocycles. The van der Waals surface area contributed by atoms with Gasteiger partial charge in [-0.2, -0.15) is 0 Å². The van der Waals surface area contributed by atoms with Crippen LogP contribution in [-0.2, 0) is 32.7 Å². The number of nitrogens with zero attached hydrogens (tertiary/aromatic N) is 2. The van der Waals surface area contributed by atoms with Crippen LogP contribution in [0.3, 0.4) is 0 Å². The van der Waals surface area contributed by atoms with Gasteiger partial charge in [-0.05, 0) is 82.3 Å². The minimum absolute atomic E-state index is 0. The molecule has 206 valence electrons. The summed E-state index contributed by atoms with van der Waals surface area (Å²) in [7, 11) is 3.41.